The van der Waals surface area contributed by atoms with Crippen molar-refractivity contribution in [2.45, 2.75) is 44.8 Å². The highest BCUT2D eigenvalue weighted by atomic mass is 79.9. The number of hydrogen-bond donors (Lipinski definition) is 2. The van der Waals surface area contributed by atoms with Crippen molar-refractivity contribution in [1.29, 1.82) is 0 Å². The summed E-state index contributed by atoms with van der Waals surface area (Å²) in [4.78, 5) is 39.1. The third-order valence-electron chi connectivity index (χ3n) is 5.28. The molecular weight excluding hydrogens is 514 g/mol. The number of amides is 2. The molecule has 2 fully saturated rings. The maximum Gasteiger partial charge on any atom is 0.308 e. The summed E-state index contributed by atoms with van der Waals surface area (Å²) in [5, 5.41) is 5.47. The molecular formula is C22H28BrN3O6S. The molecule has 1 aromatic carbocycles. The molecule has 3 rings (SSSR count). The van der Waals surface area contributed by atoms with E-state index in [0.717, 1.165) is 19.3 Å². The van der Waals surface area contributed by atoms with E-state index >= 15 is 0 Å². The number of ether oxygens (including phenoxy) is 3. The summed E-state index contributed by atoms with van der Waals surface area (Å²) in [6.45, 7) is 4.13. The van der Waals surface area contributed by atoms with Gasteiger partial charge in [-0.2, -0.15) is 0 Å². The van der Waals surface area contributed by atoms with Crippen molar-refractivity contribution in [3.8, 4) is 5.75 Å². The van der Waals surface area contributed by atoms with Gasteiger partial charge < -0.3 is 24.4 Å². The van der Waals surface area contributed by atoms with Crippen LogP contribution in [0.1, 0.15) is 43.0 Å². The zero-order chi connectivity index (χ0) is 23.8. The van der Waals surface area contributed by atoms with E-state index in [2.05, 4.69) is 26.6 Å². The molecule has 0 aliphatic carbocycles. The quantitative estimate of drug-likeness (QED) is 0.381. The van der Waals surface area contributed by atoms with Gasteiger partial charge in [-0.1, -0.05) is 6.92 Å². The summed E-state index contributed by atoms with van der Waals surface area (Å²) in [6, 6.07) is 4.13. The Bertz CT molecular complexity index is 893. The lowest BCUT2D eigenvalue weighted by molar-refractivity contribution is -0.150. The van der Waals surface area contributed by atoms with E-state index in [1.807, 2.05) is 6.92 Å². The van der Waals surface area contributed by atoms with Crippen LogP contribution in [0.5, 0.6) is 5.75 Å². The molecule has 33 heavy (non-hydrogen) atoms. The van der Waals surface area contributed by atoms with Crippen LogP contribution in [-0.2, 0) is 19.1 Å². The van der Waals surface area contributed by atoms with Crippen molar-refractivity contribution in [3.63, 3.8) is 0 Å². The number of rotatable bonds is 8. The average molecular weight is 542 g/mol. The minimum atomic E-state index is -0.861. The summed E-state index contributed by atoms with van der Waals surface area (Å²) in [6.07, 6.45) is 2.39. The highest BCUT2D eigenvalue weighted by Gasteiger charge is 2.34. The van der Waals surface area contributed by atoms with Crippen molar-refractivity contribution in [3.05, 3.63) is 28.2 Å². The number of nitrogens with one attached hydrogen (secondary N) is 2. The predicted octanol–water partition coefficient (Wildman–Crippen LogP) is 2.17. The Morgan fingerprint density at radius 3 is 2.91 bits per heavy atom. The van der Waals surface area contributed by atoms with E-state index in [-0.39, 0.29) is 30.2 Å². The van der Waals surface area contributed by atoms with Gasteiger partial charge in [0.2, 0.25) is 5.91 Å². The van der Waals surface area contributed by atoms with Crippen LogP contribution in [0.3, 0.4) is 0 Å². The van der Waals surface area contributed by atoms with Gasteiger partial charge in [0.25, 0.3) is 5.91 Å². The van der Waals surface area contributed by atoms with Crippen LogP contribution >= 0.6 is 28.1 Å². The first kappa shape index (κ1) is 25.4. The van der Waals surface area contributed by atoms with E-state index in [1.54, 1.807) is 23.1 Å². The molecule has 2 heterocycles. The van der Waals surface area contributed by atoms with Gasteiger partial charge in [0.05, 0.1) is 23.6 Å². The van der Waals surface area contributed by atoms with E-state index in [4.69, 9.17) is 26.4 Å². The normalized spacial score (nSPS) is 20.2. The van der Waals surface area contributed by atoms with Gasteiger partial charge in [-0.3, -0.25) is 19.7 Å². The third-order valence-corrected chi connectivity index (χ3v) is 6.24. The van der Waals surface area contributed by atoms with Crippen molar-refractivity contribution in [1.82, 2.24) is 15.5 Å². The second-order valence-corrected chi connectivity index (χ2v) is 9.02. The maximum atomic E-state index is 12.7. The number of carbonyl (C=O) groups is 3. The number of hydrogen-bond acceptors (Lipinski definition) is 7. The summed E-state index contributed by atoms with van der Waals surface area (Å²) in [7, 11) is 0. The van der Waals surface area contributed by atoms with Crippen LogP contribution in [-0.4, -0.2) is 72.9 Å². The fourth-order valence-electron chi connectivity index (χ4n) is 3.55. The Balaban J connectivity index is 1.59. The molecule has 2 N–H and O–H groups in total. The summed E-state index contributed by atoms with van der Waals surface area (Å²) in [5.74, 6) is -0.635. The van der Waals surface area contributed by atoms with E-state index in [9.17, 15) is 14.4 Å². The minimum Gasteiger partial charge on any atom is -0.492 e. The molecule has 2 atom stereocenters. The molecule has 2 amide bonds. The molecule has 2 saturated heterocycles. The van der Waals surface area contributed by atoms with Gasteiger partial charge in [-0.15, -0.1) is 0 Å². The summed E-state index contributed by atoms with van der Waals surface area (Å²) in [5.41, 5.74) is 0.377. The van der Waals surface area contributed by atoms with Crippen LogP contribution in [0, 0.1) is 0 Å². The SMILES string of the molecule is CCCOc1ccc(C(=O)NC(=S)N2CCNC(=O)C2CC(=O)OCC2CCCO2)cc1Br. The lowest BCUT2D eigenvalue weighted by Crippen LogP contribution is -2.60. The minimum absolute atomic E-state index is 0.0780. The largest absolute Gasteiger partial charge is 0.492 e. The molecule has 180 valence electrons. The lowest BCUT2D eigenvalue weighted by atomic mass is 10.1. The molecule has 9 nitrogen and oxygen atoms in total. The number of piperazine rings is 1. The van der Waals surface area contributed by atoms with Gasteiger partial charge >= 0.3 is 5.97 Å². The second kappa shape index (κ2) is 12.3. The van der Waals surface area contributed by atoms with Crippen LogP contribution in [0.4, 0.5) is 0 Å². The molecule has 0 saturated carbocycles. The standard InChI is InChI=1S/C22H28BrN3O6S/c1-2-9-31-18-6-5-14(11-16(18)23)20(28)25-22(33)26-8-7-24-21(29)17(26)12-19(27)32-13-15-4-3-10-30-15/h5-6,11,15,17H,2-4,7-10,12-13H2,1H3,(H,24,29)(H,25,28,33). The number of nitrogens with zero attached hydrogens (tertiary/aromatic N) is 1. The molecule has 0 bridgehead atoms. The number of thiocarbonyl (C=S) groups is 1. The first-order chi connectivity index (χ1) is 15.9. The van der Waals surface area contributed by atoms with Crippen LogP contribution in [0.2, 0.25) is 0 Å². The highest BCUT2D eigenvalue weighted by Crippen LogP contribution is 2.26. The lowest BCUT2D eigenvalue weighted by Gasteiger charge is -2.36. The van der Waals surface area contributed by atoms with Gasteiger partial charge in [-0.05, 0) is 65.6 Å². The van der Waals surface area contributed by atoms with Crippen molar-refractivity contribution >= 4 is 51.0 Å². The first-order valence-corrected chi connectivity index (χ1v) is 12.2. The molecule has 2 aliphatic heterocycles. The molecule has 11 heteroatoms. The first-order valence-electron chi connectivity index (χ1n) is 11.0. The molecule has 2 aliphatic rings. The van der Waals surface area contributed by atoms with Crippen molar-refractivity contribution in [2.24, 2.45) is 0 Å². The van der Waals surface area contributed by atoms with Gasteiger partial charge in [0, 0.05) is 25.3 Å². The third kappa shape index (κ3) is 7.12. The Hall–Kier alpha value is -2.24. The number of halogens is 1. The Morgan fingerprint density at radius 1 is 1.39 bits per heavy atom. The monoisotopic (exact) mass is 541 g/mol. The number of benzene rings is 1. The summed E-state index contributed by atoms with van der Waals surface area (Å²) >= 11 is 8.82. The highest BCUT2D eigenvalue weighted by molar-refractivity contribution is 9.10. The molecule has 0 radical (unpaired) electrons. The topological polar surface area (TPSA) is 106 Å². The Labute approximate surface area is 206 Å². The van der Waals surface area contributed by atoms with Gasteiger partial charge in [0.1, 0.15) is 18.4 Å². The molecule has 2 unspecified atom stereocenters. The molecule has 0 spiro atoms. The Morgan fingerprint density at radius 2 is 2.21 bits per heavy atom. The van der Waals surface area contributed by atoms with Crippen LogP contribution < -0.4 is 15.4 Å². The second-order valence-electron chi connectivity index (χ2n) is 7.78. The average Bonchev–Trinajstić information content (AvgIpc) is 3.32. The maximum absolute atomic E-state index is 12.7. The van der Waals surface area contributed by atoms with Crippen molar-refractivity contribution in [2.75, 3.05) is 32.9 Å². The predicted molar refractivity (Wildman–Crippen MR) is 128 cm³/mol. The van der Waals surface area contributed by atoms with Gasteiger partial charge in [-0.25, -0.2) is 0 Å². The van der Waals surface area contributed by atoms with Gasteiger partial charge in [0.15, 0.2) is 5.11 Å². The number of esters is 1. The van der Waals surface area contributed by atoms with E-state index in [0.29, 0.717) is 42.1 Å². The summed E-state index contributed by atoms with van der Waals surface area (Å²) < 4.78 is 17.0. The smallest absolute Gasteiger partial charge is 0.308 e. The Kier molecular flexibility index (Phi) is 9.45. The van der Waals surface area contributed by atoms with Crippen LogP contribution in [0.25, 0.3) is 0 Å². The molecule has 1 aromatic rings. The van der Waals surface area contributed by atoms with E-state index in [1.165, 1.54) is 0 Å². The van der Waals surface area contributed by atoms with Crippen LogP contribution in [0.15, 0.2) is 22.7 Å². The fourth-order valence-corrected chi connectivity index (χ4v) is 4.36. The number of carbonyl (C=O) groups excluding carboxylic acids is 3. The fraction of sp³-hybridized carbons (Fsp3) is 0.545. The zero-order valence-electron chi connectivity index (χ0n) is 18.4. The van der Waals surface area contributed by atoms with Crippen molar-refractivity contribution < 1.29 is 28.6 Å². The zero-order valence-corrected chi connectivity index (χ0v) is 20.8. The molecule has 0 aromatic heterocycles. The van der Waals surface area contributed by atoms with E-state index < -0.39 is 17.9 Å².